The molecule has 0 spiro atoms. The minimum Gasteiger partial charge on any atom is -0.390 e. The first-order valence-electron chi connectivity index (χ1n) is 8.83. The third kappa shape index (κ3) is 2.81. The lowest BCUT2D eigenvalue weighted by Crippen LogP contribution is -2.57. The summed E-state index contributed by atoms with van der Waals surface area (Å²) in [5, 5.41) is 14.8. The molecule has 1 saturated heterocycles. The molecule has 5 nitrogen and oxygen atoms in total. The van der Waals surface area contributed by atoms with Crippen molar-refractivity contribution < 1.29 is 14.3 Å². The van der Waals surface area contributed by atoms with Crippen molar-refractivity contribution in [1.82, 2.24) is 14.7 Å². The number of rotatable bonds is 3. The Morgan fingerprint density at radius 3 is 2.73 bits per heavy atom. The number of fused-ring (bicyclic) bond motifs is 1. The van der Waals surface area contributed by atoms with Gasteiger partial charge in [0, 0.05) is 35.3 Å². The van der Waals surface area contributed by atoms with Gasteiger partial charge in [-0.2, -0.15) is 5.10 Å². The summed E-state index contributed by atoms with van der Waals surface area (Å²) in [6, 6.07) is 4.46. The number of hydrogen-bond donors (Lipinski definition) is 1. The van der Waals surface area contributed by atoms with Crippen molar-refractivity contribution in [3.05, 3.63) is 46.0 Å². The molecule has 0 bridgehead atoms. The zero-order valence-electron chi connectivity index (χ0n) is 14.8. The lowest BCUT2D eigenvalue weighted by Gasteiger charge is -2.45. The molecular weight excluding hydrogens is 357 g/mol. The zero-order valence-corrected chi connectivity index (χ0v) is 15.6. The van der Waals surface area contributed by atoms with Gasteiger partial charge in [0.2, 0.25) is 0 Å². The Bertz CT molecular complexity index is 882. The van der Waals surface area contributed by atoms with Crippen molar-refractivity contribution in [2.24, 2.45) is 5.92 Å². The topological polar surface area (TPSA) is 58.4 Å². The van der Waals surface area contributed by atoms with Gasteiger partial charge in [0.25, 0.3) is 5.91 Å². The lowest BCUT2D eigenvalue weighted by molar-refractivity contribution is -0.0509. The number of aromatic nitrogens is 2. The van der Waals surface area contributed by atoms with Crippen molar-refractivity contribution in [1.29, 1.82) is 0 Å². The number of aliphatic hydroxyl groups is 1. The second-order valence-electron chi connectivity index (χ2n) is 7.70. The molecule has 1 aromatic carbocycles. The highest BCUT2D eigenvalue weighted by atomic mass is 35.5. The Morgan fingerprint density at radius 2 is 2.08 bits per heavy atom. The van der Waals surface area contributed by atoms with Gasteiger partial charge in [-0.25, -0.2) is 9.07 Å². The monoisotopic (exact) mass is 377 g/mol. The first-order chi connectivity index (χ1) is 12.3. The highest BCUT2D eigenvalue weighted by molar-refractivity contribution is 6.30. The summed E-state index contributed by atoms with van der Waals surface area (Å²) in [5.74, 6) is -0.535. The van der Waals surface area contributed by atoms with E-state index in [1.807, 2.05) is 0 Å². The van der Waals surface area contributed by atoms with Gasteiger partial charge in [-0.05, 0) is 51.3 Å². The summed E-state index contributed by atoms with van der Waals surface area (Å²) >= 11 is 5.84. The van der Waals surface area contributed by atoms with Crippen molar-refractivity contribution in [3.8, 4) is 5.69 Å². The van der Waals surface area contributed by atoms with Gasteiger partial charge < -0.3 is 10.0 Å². The van der Waals surface area contributed by atoms with Gasteiger partial charge in [-0.1, -0.05) is 11.6 Å². The van der Waals surface area contributed by atoms with E-state index in [4.69, 9.17) is 11.6 Å². The summed E-state index contributed by atoms with van der Waals surface area (Å²) < 4.78 is 15.9. The minimum atomic E-state index is -0.801. The molecule has 1 fully saturated rings. The van der Waals surface area contributed by atoms with E-state index >= 15 is 0 Å². The molecule has 0 unspecified atom stereocenters. The van der Waals surface area contributed by atoms with Gasteiger partial charge in [0.1, 0.15) is 11.5 Å². The van der Waals surface area contributed by atoms with E-state index in [9.17, 15) is 14.3 Å². The van der Waals surface area contributed by atoms with Crippen LogP contribution in [0.25, 0.3) is 5.69 Å². The Kier molecular flexibility index (Phi) is 4.08. The normalized spacial score (nSPS) is 17.3. The van der Waals surface area contributed by atoms with E-state index in [1.54, 1.807) is 35.6 Å². The second-order valence-corrected chi connectivity index (χ2v) is 8.13. The number of benzene rings is 1. The predicted octanol–water partition coefficient (Wildman–Crippen LogP) is 3.00. The van der Waals surface area contributed by atoms with E-state index in [1.165, 1.54) is 6.07 Å². The van der Waals surface area contributed by atoms with Gasteiger partial charge >= 0.3 is 0 Å². The molecule has 4 rings (SSSR count). The van der Waals surface area contributed by atoms with E-state index in [-0.39, 0.29) is 11.8 Å². The molecule has 0 radical (unpaired) electrons. The molecule has 1 N–H and O–H groups in total. The maximum atomic E-state index is 14.4. The maximum Gasteiger partial charge on any atom is 0.274 e. The van der Waals surface area contributed by atoms with E-state index in [0.717, 1.165) is 30.5 Å². The Labute approximate surface area is 156 Å². The third-order valence-corrected chi connectivity index (χ3v) is 5.67. The van der Waals surface area contributed by atoms with Crippen molar-refractivity contribution in [3.63, 3.8) is 0 Å². The molecule has 0 atom stereocenters. The van der Waals surface area contributed by atoms with Crippen molar-refractivity contribution >= 4 is 17.5 Å². The first kappa shape index (κ1) is 17.5. The first-order valence-corrected chi connectivity index (χ1v) is 9.21. The fraction of sp³-hybridized carbons (Fsp3) is 0.474. The van der Waals surface area contributed by atoms with E-state index in [0.29, 0.717) is 29.5 Å². The molecule has 26 heavy (non-hydrogen) atoms. The molecule has 1 aliphatic carbocycles. The maximum absolute atomic E-state index is 14.4. The summed E-state index contributed by atoms with van der Waals surface area (Å²) in [6.07, 6.45) is 2.47. The molecule has 2 heterocycles. The fourth-order valence-electron chi connectivity index (χ4n) is 3.70. The van der Waals surface area contributed by atoms with E-state index in [2.05, 4.69) is 5.10 Å². The summed E-state index contributed by atoms with van der Waals surface area (Å²) in [4.78, 5) is 14.6. The molecular formula is C19H21ClFN3O2. The quantitative estimate of drug-likeness (QED) is 0.894. The van der Waals surface area contributed by atoms with Gasteiger partial charge in [0.05, 0.1) is 5.60 Å². The Morgan fingerprint density at radius 1 is 1.35 bits per heavy atom. The average molecular weight is 378 g/mol. The average Bonchev–Trinajstić information content (AvgIpc) is 3.06. The Balaban J connectivity index is 1.66. The molecule has 1 amide bonds. The van der Waals surface area contributed by atoms with Gasteiger partial charge in [-0.15, -0.1) is 0 Å². The van der Waals surface area contributed by atoms with E-state index < -0.39 is 11.4 Å². The van der Waals surface area contributed by atoms with Crippen LogP contribution in [0.3, 0.4) is 0 Å². The highest BCUT2D eigenvalue weighted by Gasteiger charge is 2.41. The fourth-order valence-corrected chi connectivity index (χ4v) is 3.86. The number of hydrogen-bond acceptors (Lipinski definition) is 3. The molecule has 1 aromatic heterocycles. The van der Waals surface area contributed by atoms with Gasteiger partial charge in [-0.3, -0.25) is 4.79 Å². The highest BCUT2D eigenvalue weighted by Crippen LogP contribution is 2.33. The smallest absolute Gasteiger partial charge is 0.274 e. The molecule has 2 aliphatic rings. The van der Waals surface area contributed by atoms with Crippen molar-refractivity contribution in [2.45, 2.75) is 38.7 Å². The summed E-state index contributed by atoms with van der Waals surface area (Å²) in [5.41, 5.74) is 1.72. The molecule has 1 aliphatic heterocycles. The van der Waals surface area contributed by atoms with Crippen LogP contribution >= 0.6 is 11.6 Å². The van der Waals surface area contributed by atoms with Crippen LogP contribution in [0.5, 0.6) is 0 Å². The third-order valence-electron chi connectivity index (χ3n) is 5.44. The van der Waals surface area contributed by atoms with Crippen LogP contribution in [-0.4, -0.2) is 44.4 Å². The number of likely N-dealkylation sites (tertiary alicyclic amines) is 1. The number of carbonyl (C=O) groups excluding carboxylic acids is 1. The lowest BCUT2D eigenvalue weighted by atomic mass is 9.84. The van der Waals surface area contributed by atoms with Gasteiger partial charge in [0.15, 0.2) is 5.69 Å². The predicted molar refractivity (Wildman–Crippen MR) is 96.2 cm³/mol. The second kappa shape index (κ2) is 6.06. The number of nitrogens with zero attached hydrogens (tertiary/aromatic N) is 3. The van der Waals surface area contributed by atoms with Crippen LogP contribution < -0.4 is 0 Å². The Hall–Kier alpha value is -1.92. The van der Waals surface area contributed by atoms with Crippen LogP contribution in [0.15, 0.2) is 18.2 Å². The SMILES string of the molecule is CC(C)(O)C1CN(C(=O)c2nn(-c3ccc(Cl)cc3F)c3c2CCC3)C1. The van der Waals surface area contributed by atoms with Crippen LogP contribution in [0, 0.1) is 11.7 Å². The number of carbonyl (C=O) groups is 1. The van der Waals surface area contributed by atoms with Crippen LogP contribution in [0.2, 0.25) is 5.02 Å². The largest absolute Gasteiger partial charge is 0.390 e. The molecule has 7 heteroatoms. The van der Waals surface area contributed by atoms with Crippen LogP contribution in [0.1, 0.15) is 42.0 Å². The minimum absolute atomic E-state index is 0.0651. The van der Waals surface area contributed by atoms with Crippen LogP contribution in [0.4, 0.5) is 4.39 Å². The molecule has 0 saturated carbocycles. The van der Waals surface area contributed by atoms with Crippen LogP contribution in [-0.2, 0) is 12.8 Å². The molecule has 138 valence electrons. The molecule has 2 aromatic rings. The number of halogens is 2. The zero-order chi connectivity index (χ0) is 18.6. The standard InChI is InChI=1S/C19H21ClFN3O2/c1-19(2,26)11-9-23(10-11)18(25)17-13-4-3-5-15(13)24(22-17)16-7-6-12(20)8-14(16)21/h6-8,11,26H,3-5,9-10H2,1-2H3. The number of amides is 1. The van der Waals surface area contributed by atoms with Crippen molar-refractivity contribution in [2.75, 3.05) is 13.1 Å². The summed E-state index contributed by atoms with van der Waals surface area (Å²) in [7, 11) is 0. The summed E-state index contributed by atoms with van der Waals surface area (Å²) in [6.45, 7) is 4.54.